The second-order valence-corrected chi connectivity index (χ2v) is 6.36. The van der Waals surface area contributed by atoms with Crippen LogP contribution >= 0.6 is 0 Å². The zero-order valence-corrected chi connectivity index (χ0v) is 14.4. The van der Waals surface area contributed by atoms with Crippen LogP contribution in [-0.2, 0) is 9.53 Å². The number of nitrogens with two attached hydrogens (primary N) is 1. The van der Waals surface area contributed by atoms with Gasteiger partial charge in [0.1, 0.15) is 11.9 Å². The van der Waals surface area contributed by atoms with Crippen LogP contribution in [0.3, 0.4) is 0 Å². The Balaban J connectivity index is 1.69. The molecule has 6 nitrogen and oxygen atoms in total. The summed E-state index contributed by atoms with van der Waals surface area (Å²) in [7, 11) is 0. The molecule has 0 spiro atoms. The van der Waals surface area contributed by atoms with Gasteiger partial charge in [0, 0.05) is 17.8 Å². The molecule has 3 N–H and O–H groups in total. The lowest BCUT2D eigenvalue weighted by Gasteiger charge is -2.18. The lowest BCUT2D eigenvalue weighted by Crippen LogP contribution is -2.37. The number of nitrogens with zero attached hydrogens (tertiary/aromatic N) is 2. The molecule has 1 aromatic heterocycles. The van der Waals surface area contributed by atoms with Crippen molar-refractivity contribution in [3.63, 3.8) is 0 Å². The highest BCUT2D eigenvalue weighted by Crippen LogP contribution is 2.23. The van der Waals surface area contributed by atoms with Gasteiger partial charge in [-0.15, -0.1) is 0 Å². The van der Waals surface area contributed by atoms with Crippen LogP contribution < -0.4 is 11.1 Å². The number of hydrogen-bond acceptors (Lipinski definition) is 4. The van der Waals surface area contributed by atoms with E-state index in [0.717, 1.165) is 23.4 Å². The summed E-state index contributed by atoms with van der Waals surface area (Å²) in [5, 5.41) is 7.34. The Morgan fingerprint density at radius 3 is 2.80 bits per heavy atom. The van der Waals surface area contributed by atoms with Gasteiger partial charge in [-0.05, 0) is 51.0 Å². The summed E-state index contributed by atoms with van der Waals surface area (Å²) in [5.74, 6) is -0.417. The quantitative estimate of drug-likeness (QED) is 0.868. The molecule has 0 radical (unpaired) electrons. The topological polar surface area (TPSA) is 82.2 Å². The molecule has 1 fully saturated rings. The lowest BCUT2D eigenvalue weighted by molar-refractivity contribution is -0.132. The molecule has 3 rings (SSSR count). The maximum atomic E-state index is 13.1. The summed E-state index contributed by atoms with van der Waals surface area (Å²) in [6.45, 7) is 4.26. The third-order valence-corrected chi connectivity index (χ3v) is 4.61. The summed E-state index contributed by atoms with van der Waals surface area (Å²) >= 11 is 0. The monoisotopic (exact) mass is 346 g/mol. The van der Waals surface area contributed by atoms with Crippen LogP contribution in [-0.4, -0.2) is 34.4 Å². The molecule has 25 heavy (non-hydrogen) atoms. The third kappa shape index (κ3) is 3.72. The van der Waals surface area contributed by atoms with E-state index in [4.69, 9.17) is 10.5 Å². The number of ether oxygens (including phenoxy) is 1. The third-order valence-electron chi connectivity index (χ3n) is 4.61. The number of benzene rings is 1. The number of nitrogens with one attached hydrogen (secondary N) is 1. The molecule has 134 valence electrons. The van der Waals surface area contributed by atoms with Crippen molar-refractivity contribution in [2.24, 2.45) is 5.73 Å². The largest absolute Gasteiger partial charge is 0.364 e. The predicted molar refractivity (Wildman–Crippen MR) is 91.8 cm³/mol. The van der Waals surface area contributed by atoms with Crippen molar-refractivity contribution >= 4 is 5.91 Å². The Bertz CT molecular complexity index is 744. The van der Waals surface area contributed by atoms with Gasteiger partial charge in [0.05, 0.1) is 24.0 Å². The van der Waals surface area contributed by atoms with Crippen LogP contribution in [0.15, 0.2) is 30.5 Å². The fraction of sp³-hybridized carbons (Fsp3) is 0.444. The Hall–Kier alpha value is -2.25. The minimum atomic E-state index is -0.441. The van der Waals surface area contributed by atoms with Crippen LogP contribution in [0.25, 0.3) is 5.69 Å². The fourth-order valence-electron chi connectivity index (χ4n) is 3.15. The summed E-state index contributed by atoms with van der Waals surface area (Å²) < 4.78 is 20.4. The minimum absolute atomic E-state index is 0.0333. The van der Waals surface area contributed by atoms with Gasteiger partial charge in [-0.25, -0.2) is 9.07 Å². The average Bonchev–Trinajstić information content (AvgIpc) is 3.22. The Morgan fingerprint density at radius 1 is 1.44 bits per heavy atom. The van der Waals surface area contributed by atoms with E-state index < -0.39 is 6.10 Å². The normalized spacial score (nSPS) is 21.3. The van der Waals surface area contributed by atoms with Gasteiger partial charge in [-0.2, -0.15) is 5.10 Å². The maximum absolute atomic E-state index is 13.1. The highest BCUT2D eigenvalue weighted by molar-refractivity contribution is 5.81. The van der Waals surface area contributed by atoms with Gasteiger partial charge in [0.25, 0.3) is 0 Å². The van der Waals surface area contributed by atoms with Crippen molar-refractivity contribution in [2.45, 2.75) is 44.9 Å². The smallest absolute Gasteiger partial charge is 0.249 e. The van der Waals surface area contributed by atoms with Crippen molar-refractivity contribution in [1.82, 2.24) is 15.1 Å². The Morgan fingerprint density at radius 2 is 2.16 bits per heavy atom. The minimum Gasteiger partial charge on any atom is -0.364 e. The highest BCUT2D eigenvalue weighted by atomic mass is 19.1. The van der Waals surface area contributed by atoms with Crippen molar-refractivity contribution < 1.29 is 13.9 Å². The number of rotatable bonds is 5. The predicted octanol–water partition coefficient (Wildman–Crippen LogP) is 2.00. The fourth-order valence-corrected chi connectivity index (χ4v) is 3.15. The number of hydrogen-bond donors (Lipinski definition) is 2. The van der Waals surface area contributed by atoms with Gasteiger partial charge in [0.15, 0.2) is 0 Å². The van der Waals surface area contributed by atoms with Gasteiger partial charge in [-0.3, -0.25) is 4.79 Å². The van der Waals surface area contributed by atoms with Gasteiger partial charge in [0.2, 0.25) is 5.91 Å². The summed E-state index contributed by atoms with van der Waals surface area (Å²) in [6.07, 6.45) is 2.75. The number of halogens is 1. The van der Waals surface area contributed by atoms with E-state index in [9.17, 15) is 9.18 Å². The molecule has 1 amide bonds. The lowest BCUT2D eigenvalue weighted by atomic mass is 10.1. The number of aromatic nitrogens is 2. The molecule has 1 saturated heterocycles. The highest BCUT2D eigenvalue weighted by Gasteiger charge is 2.31. The zero-order chi connectivity index (χ0) is 18.0. The van der Waals surface area contributed by atoms with Crippen molar-refractivity contribution in [2.75, 3.05) is 6.54 Å². The van der Waals surface area contributed by atoms with Crippen LogP contribution in [0.5, 0.6) is 0 Å². The molecule has 1 aliphatic rings. The van der Waals surface area contributed by atoms with E-state index in [0.29, 0.717) is 13.0 Å². The van der Waals surface area contributed by atoms with Gasteiger partial charge in [-0.1, -0.05) is 0 Å². The van der Waals surface area contributed by atoms with Crippen molar-refractivity contribution in [1.29, 1.82) is 0 Å². The SMILES string of the molecule is Cc1c(C(C)NC(=O)[C@@H]2CC[C@H](CN)O2)cnn1-c1ccc(F)cc1. The van der Waals surface area contributed by atoms with E-state index in [1.807, 2.05) is 13.8 Å². The molecule has 2 heterocycles. The molecule has 0 bridgehead atoms. The van der Waals surface area contributed by atoms with Crippen LogP contribution in [0.2, 0.25) is 0 Å². The molecular formula is C18H23FN4O2. The standard InChI is InChI=1S/C18H23FN4O2/c1-11(22-18(24)17-8-7-15(9-20)25-17)16-10-21-23(12(16)2)14-5-3-13(19)4-6-14/h3-6,10-11,15,17H,7-9,20H2,1-2H3,(H,22,24)/t11?,15-,17+/m1/s1. The van der Waals surface area contributed by atoms with E-state index in [1.54, 1.807) is 23.0 Å². The van der Waals surface area contributed by atoms with Crippen molar-refractivity contribution in [3.05, 3.63) is 47.5 Å². The first-order valence-electron chi connectivity index (χ1n) is 8.46. The molecule has 1 aromatic carbocycles. The van der Waals surface area contributed by atoms with E-state index >= 15 is 0 Å². The van der Waals surface area contributed by atoms with E-state index in [1.165, 1.54) is 12.1 Å². The van der Waals surface area contributed by atoms with Crippen LogP contribution in [0, 0.1) is 12.7 Å². The second kappa shape index (κ2) is 7.33. The molecule has 0 saturated carbocycles. The number of amides is 1. The summed E-state index contributed by atoms with van der Waals surface area (Å²) in [5.41, 5.74) is 8.16. The van der Waals surface area contributed by atoms with E-state index in [2.05, 4.69) is 10.4 Å². The number of carbonyl (C=O) groups excluding carboxylic acids is 1. The number of carbonyl (C=O) groups is 1. The summed E-state index contributed by atoms with van der Waals surface area (Å²) in [4.78, 5) is 12.4. The maximum Gasteiger partial charge on any atom is 0.249 e. The van der Waals surface area contributed by atoms with Crippen LogP contribution in [0.4, 0.5) is 4.39 Å². The first-order valence-corrected chi connectivity index (χ1v) is 8.46. The van der Waals surface area contributed by atoms with Gasteiger partial charge >= 0.3 is 0 Å². The summed E-state index contributed by atoms with van der Waals surface area (Å²) in [6, 6.07) is 5.92. The molecule has 2 aromatic rings. The Kier molecular flexibility index (Phi) is 5.15. The van der Waals surface area contributed by atoms with Gasteiger partial charge < -0.3 is 15.8 Å². The Labute approximate surface area is 146 Å². The molecule has 3 atom stereocenters. The molecule has 1 aliphatic heterocycles. The van der Waals surface area contributed by atoms with E-state index in [-0.39, 0.29) is 23.9 Å². The average molecular weight is 346 g/mol. The first-order chi connectivity index (χ1) is 12.0. The molecular weight excluding hydrogens is 323 g/mol. The molecule has 1 unspecified atom stereocenters. The second-order valence-electron chi connectivity index (χ2n) is 6.36. The van der Waals surface area contributed by atoms with Crippen molar-refractivity contribution in [3.8, 4) is 5.69 Å². The molecule has 0 aliphatic carbocycles. The first kappa shape index (κ1) is 17.6. The zero-order valence-electron chi connectivity index (χ0n) is 14.4. The van der Waals surface area contributed by atoms with Crippen LogP contribution in [0.1, 0.15) is 37.1 Å². The molecule has 7 heteroatoms.